The van der Waals surface area contributed by atoms with Gasteiger partial charge >= 0.3 is 0 Å². The fraction of sp³-hybridized carbons (Fsp3) is 0.233. The van der Waals surface area contributed by atoms with Crippen molar-refractivity contribution in [3.05, 3.63) is 83.6 Å². The summed E-state index contributed by atoms with van der Waals surface area (Å²) < 4.78 is 3.01. The van der Waals surface area contributed by atoms with Crippen LogP contribution in [0.25, 0.3) is 32.2 Å². The molecule has 2 aromatic heterocycles. The summed E-state index contributed by atoms with van der Waals surface area (Å²) in [5.41, 5.74) is 6.85. The second-order valence-corrected chi connectivity index (χ2v) is 11.0. The van der Waals surface area contributed by atoms with Gasteiger partial charge in [-0.15, -0.1) is 0 Å². The Bertz CT molecular complexity index is 1680. The van der Waals surface area contributed by atoms with Crippen molar-refractivity contribution in [2.75, 3.05) is 5.32 Å². The molecule has 0 unspecified atom stereocenters. The van der Waals surface area contributed by atoms with Gasteiger partial charge in [0.15, 0.2) is 5.13 Å². The molecule has 1 fully saturated rings. The van der Waals surface area contributed by atoms with E-state index in [2.05, 4.69) is 58.9 Å². The van der Waals surface area contributed by atoms with Crippen LogP contribution >= 0.6 is 11.3 Å². The highest BCUT2D eigenvalue weighted by Gasteiger charge is 2.30. The second-order valence-electron chi connectivity index (χ2n) is 9.96. The van der Waals surface area contributed by atoms with Crippen LogP contribution in [0.3, 0.4) is 0 Å². The van der Waals surface area contributed by atoms with E-state index >= 15 is 0 Å². The van der Waals surface area contributed by atoms with Crippen LogP contribution in [0.15, 0.2) is 66.9 Å². The number of anilines is 1. The normalized spacial score (nSPS) is 14.1. The Morgan fingerprint density at radius 3 is 2.62 bits per heavy atom. The molecule has 0 spiro atoms. The third kappa shape index (κ3) is 4.62. The molecule has 2 N–H and O–H groups in total. The third-order valence-electron chi connectivity index (χ3n) is 7.02. The highest BCUT2D eigenvalue weighted by molar-refractivity contribution is 7.22. The van der Waals surface area contributed by atoms with Gasteiger partial charge < -0.3 is 15.2 Å². The Kier molecular flexibility index (Phi) is 5.80. The van der Waals surface area contributed by atoms with E-state index in [9.17, 15) is 9.59 Å². The molecule has 0 aliphatic heterocycles. The number of carbonyl (C=O) groups is 2. The van der Waals surface area contributed by atoms with Gasteiger partial charge in [-0.2, -0.15) is 0 Å². The maximum absolute atomic E-state index is 13.3. The van der Waals surface area contributed by atoms with Gasteiger partial charge in [-0.1, -0.05) is 53.3 Å². The first kappa shape index (κ1) is 23.4. The predicted molar refractivity (Wildman–Crippen MR) is 150 cm³/mol. The standard InChI is InChI=1S/C30H28N4O2S/c1-17-5-4-6-20(13-17)18(2)31-29(36)24-16-34(3)26-12-10-21(14-23(24)26)22-9-11-25-27(15-22)37-30(32-25)33-28(35)19-7-8-19/h4-6,9-16,18-19H,7-8H2,1-3H3,(H,31,36)(H,32,33,35)/t18-/m0/s1. The Morgan fingerprint density at radius 1 is 1.05 bits per heavy atom. The lowest BCUT2D eigenvalue weighted by atomic mass is 10.0. The maximum Gasteiger partial charge on any atom is 0.253 e. The van der Waals surface area contributed by atoms with Crippen LogP contribution in [0.5, 0.6) is 0 Å². The number of aryl methyl sites for hydroxylation is 2. The van der Waals surface area contributed by atoms with Crippen LogP contribution in [0.1, 0.15) is 47.3 Å². The molecule has 6 nitrogen and oxygen atoms in total. The van der Waals surface area contributed by atoms with Gasteiger partial charge in [-0.25, -0.2) is 4.98 Å². The molecule has 0 saturated heterocycles. The summed E-state index contributed by atoms with van der Waals surface area (Å²) in [6, 6.07) is 20.5. The Hall–Kier alpha value is -3.97. The molecule has 2 heterocycles. The largest absolute Gasteiger partial charge is 0.350 e. The Labute approximate surface area is 219 Å². The molecule has 1 aliphatic carbocycles. The maximum atomic E-state index is 13.3. The first-order valence-corrected chi connectivity index (χ1v) is 13.4. The minimum atomic E-state index is -0.103. The fourth-order valence-corrected chi connectivity index (χ4v) is 5.67. The lowest BCUT2D eigenvalue weighted by Gasteiger charge is -2.14. The minimum Gasteiger partial charge on any atom is -0.350 e. The number of nitrogens with zero attached hydrogens (tertiary/aromatic N) is 2. The van der Waals surface area contributed by atoms with Gasteiger partial charge in [0.2, 0.25) is 5.91 Å². The van der Waals surface area contributed by atoms with Gasteiger partial charge in [0.25, 0.3) is 5.91 Å². The van der Waals surface area contributed by atoms with Crippen LogP contribution in [0.2, 0.25) is 0 Å². The fourth-order valence-electron chi connectivity index (χ4n) is 4.76. The van der Waals surface area contributed by atoms with Crippen molar-refractivity contribution < 1.29 is 9.59 Å². The van der Waals surface area contributed by atoms with Crippen molar-refractivity contribution in [2.45, 2.75) is 32.7 Å². The minimum absolute atomic E-state index is 0.0660. The van der Waals surface area contributed by atoms with E-state index in [0.717, 1.165) is 50.7 Å². The molecule has 6 rings (SSSR count). The molecule has 0 radical (unpaired) electrons. The number of carbonyl (C=O) groups excluding carboxylic acids is 2. The van der Waals surface area contributed by atoms with Gasteiger partial charge in [-0.05, 0) is 67.6 Å². The molecule has 1 aliphatic rings. The van der Waals surface area contributed by atoms with Gasteiger partial charge in [0.05, 0.1) is 21.8 Å². The third-order valence-corrected chi connectivity index (χ3v) is 7.96. The number of aromatic nitrogens is 2. The summed E-state index contributed by atoms with van der Waals surface area (Å²) in [6.07, 6.45) is 3.83. The average Bonchev–Trinajstić information content (AvgIpc) is 3.59. The van der Waals surface area contributed by atoms with E-state index in [0.29, 0.717) is 10.7 Å². The zero-order valence-corrected chi connectivity index (χ0v) is 21.9. The summed E-state index contributed by atoms with van der Waals surface area (Å²) in [5.74, 6) is 0.119. The Balaban J connectivity index is 1.29. The summed E-state index contributed by atoms with van der Waals surface area (Å²) in [4.78, 5) is 30.1. The van der Waals surface area contributed by atoms with Crippen LogP contribution in [0.4, 0.5) is 5.13 Å². The molecule has 1 saturated carbocycles. The van der Waals surface area contributed by atoms with E-state index in [4.69, 9.17) is 0 Å². The number of rotatable bonds is 6. The predicted octanol–water partition coefficient (Wildman–Crippen LogP) is 6.60. The molecular formula is C30H28N4O2S. The second kappa shape index (κ2) is 9.16. The van der Waals surface area contributed by atoms with Crippen LogP contribution in [-0.2, 0) is 11.8 Å². The first-order chi connectivity index (χ1) is 17.9. The monoisotopic (exact) mass is 508 g/mol. The number of nitrogens with one attached hydrogen (secondary N) is 2. The Morgan fingerprint density at radius 2 is 1.84 bits per heavy atom. The van der Waals surface area contributed by atoms with E-state index in [-0.39, 0.29) is 23.8 Å². The quantitative estimate of drug-likeness (QED) is 0.271. The van der Waals surface area contributed by atoms with E-state index in [1.807, 2.05) is 49.0 Å². The number of thiazole rings is 1. The van der Waals surface area contributed by atoms with Gasteiger partial charge in [-0.3, -0.25) is 9.59 Å². The van der Waals surface area contributed by atoms with Crippen molar-refractivity contribution in [1.29, 1.82) is 0 Å². The number of hydrogen-bond donors (Lipinski definition) is 2. The smallest absolute Gasteiger partial charge is 0.253 e. The van der Waals surface area contributed by atoms with Crippen LogP contribution in [-0.4, -0.2) is 21.4 Å². The van der Waals surface area contributed by atoms with E-state index in [1.165, 1.54) is 16.9 Å². The molecule has 7 heteroatoms. The lowest BCUT2D eigenvalue weighted by Crippen LogP contribution is -2.26. The van der Waals surface area contributed by atoms with Gasteiger partial charge in [0, 0.05) is 30.1 Å². The van der Waals surface area contributed by atoms with Crippen LogP contribution < -0.4 is 10.6 Å². The number of benzene rings is 3. The van der Waals surface area contributed by atoms with Crippen molar-refractivity contribution in [2.24, 2.45) is 13.0 Å². The molecule has 0 bridgehead atoms. The summed E-state index contributed by atoms with van der Waals surface area (Å²) >= 11 is 1.49. The van der Waals surface area contributed by atoms with E-state index in [1.54, 1.807) is 0 Å². The molecular weight excluding hydrogens is 480 g/mol. The summed E-state index contributed by atoms with van der Waals surface area (Å²) in [6.45, 7) is 4.06. The van der Waals surface area contributed by atoms with Crippen molar-refractivity contribution in [3.63, 3.8) is 0 Å². The average molecular weight is 509 g/mol. The number of amides is 2. The zero-order valence-electron chi connectivity index (χ0n) is 21.0. The highest BCUT2D eigenvalue weighted by Crippen LogP contribution is 2.35. The van der Waals surface area contributed by atoms with E-state index < -0.39 is 0 Å². The van der Waals surface area contributed by atoms with Crippen molar-refractivity contribution in [3.8, 4) is 11.1 Å². The van der Waals surface area contributed by atoms with Gasteiger partial charge in [0.1, 0.15) is 0 Å². The summed E-state index contributed by atoms with van der Waals surface area (Å²) in [5, 5.41) is 7.67. The summed E-state index contributed by atoms with van der Waals surface area (Å²) in [7, 11) is 1.96. The lowest BCUT2D eigenvalue weighted by molar-refractivity contribution is -0.117. The molecule has 186 valence electrons. The van der Waals surface area contributed by atoms with Crippen molar-refractivity contribution >= 4 is 49.4 Å². The topological polar surface area (TPSA) is 76.0 Å². The molecule has 2 amide bonds. The molecule has 3 aromatic carbocycles. The zero-order chi connectivity index (χ0) is 25.7. The first-order valence-electron chi connectivity index (χ1n) is 12.5. The molecule has 1 atom stereocenters. The van der Waals surface area contributed by atoms with Crippen LogP contribution in [0, 0.1) is 12.8 Å². The van der Waals surface area contributed by atoms with Crippen molar-refractivity contribution in [1.82, 2.24) is 14.9 Å². The number of hydrogen-bond acceptors (Lipinski definition) is 4. The molecule has 37 heavy (non-hydrogen) atoms. The highest BCUT2D eigenvalue weighted by atomic mass is 32.1. The molecule has 5 aromatic rings. The number of fused-ring (bicyclic) bond motifs is 2. The SMILES string of the molecule is Cc1cccc([C@H](C)NC(=O)c2cn(C)c3ccc(-c4ccc5nc(NC(=O)C6CC6)sc5c4)cc23)c1.